The summed E-state index contributed by atoms with van der Waals surface area (Å²) >= 11 is 3.47. The van der Waals surface area contributed by atoms with E-state index in [4.69, 9.17) is 4.74 Å². The Kier molecular flexibility index (Phi) is 8.87. The van der Waals surface area contributed by atoms with E-state index in [9.17, 15) is 4.79 Å². The summed E-state index contributed by atoms with van der Waals surface area (Å²) in [6, 6.07) is 9.95. The second kappa shape index (κ2) is 11.9. The number of fused-ring (bicyclic) bond motifs is 5. The highest BCUT2D eigenvalue weighted by Crippen LogP contribution is 2.67. The molecule has 0 aromatic heterocycles. The van der Waals surface area contributed by atoms with E-state index < -0.39 is 0 Å². The van der Waals surface area contributed by atoms with Gasteiger partial charge >= 0.3 is 5.97 Å². The van der Waals surface area contributed by atoms with Crippen molar-refractivity contribution in [3.8, 4) is 0 Å². The van der Waals surface area contributed by atoms with Crippen LogP contribution >= 0.6 is 15.9 Å². The number of hydrogen-bond donors (Lipinski definition) is 0. The molecule has 4 aliphatic carbocycles. The first-order valence-corrected chi connectivity index (χ1v) is 16.7. The molecule has 3 unspecified atom stereocenters. The molecule has 8 atom stereocenters. The predicted octanol–water partition coefficient (Wildman–Crippen LogP) is 10.4. The largest absolute Gasteiger partial charge is 0.458 e. The molecule has 3 heteroatoms. The van der Waals surface area contributed by atoms with Crippen molar-refractivity contribution < 1.29 is 9.53 Å². The van der Waals surface area contributed by atoms with Crippen LogP contribution in [0.15, 0.2) is 46.5 Å². The molecule has 0 radical (unpaired) electrons. The number of benzene rings is 1. The van der Waals surface area contributed by atoms with Crippen molar-refractivity contribution in [3.63, 3.8) is 0 Å². The Balaban J connectivity index is 1.23. The van der Waals surface area contributed by atoms with E-state index in [1.165, 1.54) is 51.4 Å². The lowest BCUT2D eigenvalue weighted by Crippen LogP contribution is -2.51. The number of halogens is 1. The van der Waals surface area contributed by atoms with E-state index >= 15 is 0 Å². The van der Waals surface area contributed by atoms with Crippen molar-refractivity contribution in [3.05, 3.63) is 52.0 Å². The van der Waals surface area contributed by atoms with Crippen LogP contribution < -0.4 is 0 Å². The molecule has 0 N–H and O–H groups in total. The van der Waals surface area contributed by atoms with Gasteiger partial charge in [-0.2, -0.15) is 0 Å². The molecule has 3 saturated carbocycles. The van der Waals surface area contributed by atoms with Crippen molar-refractivity contribution in [2.24, 2.45) is 46.3 Å². The summed E-state index contributed by atoms with van der Waals surface area (Å²) in [7, 11) is 0. The molecule has 214 valence electrons. The summed E-state index contributed by atoms with van der Waals surface area (Å²) in [6.45, 7) is 12.5. The van der Waals surface area contributed by atoms with E-state index in [2.05, 4.69) is 56.6 Å². The van der Waals surface area contributed by atoms with Crippen LogP contribution in [0.3, 0.4) is 0 Å². The molecular formula is C36H51BrO2. The SMILES string of the molecule is CC(C)CCC[C@@H](C)[C@H]1CCC2C3CC=C4C[C@@H](OC(=O)C(Br)=Cc5ccccc5)CC[C@]4(C)C3CC[C@@]21C. The van der Waals surface area contributed by atoms with Crippen LogP contribution in [-0.4, -0.2) is 12.1 Å². The molecule has 1 aromatic carbocycles. The fraction of sp³-hybridized carbons (Fsp3) is 0.694. The van der Waals surface area contributed by atoms with Crippen LogP contribution in [0.1, 0.15) is 111 Å². The van der Waals surface area contributed by atoms with Gasteiger partial charge in [-0.25, -0.2) is 4.79 Å². The summed E-state index contributed by atoms with van der Waals surface area (Å²) in [5.74, 6) is 4.88. The van der Waals surface area contributed by atoms with Gasteiger partial charge in [-0.05, 0) is 119 Å². The third kappa shape index (κ3) is 5.86. The average molecular weight is 596 g/mol. The second-order valence-electron chi connectivity index (χ2n) is 14.5. The molecular weight excluding hydrogens is 544 g/mol. The zero-order valence-corrected chi connectivity index (χ0v) is 26.6. The fourth-order valence-electron chi connectivity index (χ4n) is 9.71. The second-order valence-corrected chi connectivity index (χ2v) is 15.3. The summed E-state index contributed by atoms with van der Waals surface area (Å²) in [5, 5.41) is 0. The Morgan fingerprint density at radius 1 is 1.03 bits per heavy atom. The quantitative estimate of drug-likeness (QED) is 0.170. The lowest BCUT2D eigenvalue weighted by Gasteiger charge is -2.58. The maximum atomic E-state index is 12.9. The van der Waals surface area contributed by atoms with Crippen molar-refractivity contribution in [2.75, 3.05) is 0 Å². The van der Waals surface area contributed by atoms with Crippen molar-refractivity contribution in [1.82, 2.24) is 0 Å². The van der Waals surface area contributed by atoms with Gasteiger partial charge in [0.1, 0.15) is 10.6 Å². The Labute approximate surface area is 246 Å². The first-order chi connectivity index (χ1) is 18.6. The molecule has 0 amide bonds. The highest BCUT2D eigenvalue weighted by Gasteiger charge is 2.59. The van der Waals surface area contributed by atoms with E-state index in [-0.39, 0.29) is 17.5 Å². The Morgan fingerprint density at radius 2 is 1.79 bits per heavy atom. The first kappa shape index (κ1) is 29.2. The van der Waals surface area contributed by atoms with Gasteiger partial charge in [0.2, 0.25) is 0 Å². The molecule has 0 aliphatic heterocycles. The number of esters is 1. The third-order valence-corrected chi connectivity index (χ3v) is 12.4. The standard InChI is InChI=1S/C36H51BrO2/c1-24(2)10-9-11-25(3)30-16-17-31-29-15-14-27-23-28(18-20-35(27,4)32(29)19-21-36(30,31)5)39-34(38)33(37)22-26-12-7-6-8-13-26/h6-8,12-14,22,24-25,28-32H,9-11,15-21,23H2,1-5H3/t25-,28+,29?,30-,31?,32?,35+,36-/m1/s1. The lowest BCUT2D eigenvalue weighted by molar-refractivity contribution is -0.145. The van der Waals surface area contributed by atoms with Crippen LogP contribution in [0.25, 0.3) is 6.08 Å². The Bertz CT molecular complexity index is 1070. The van der Waals surface area contributed by atoms with Gasteiger partial charge in [0, 0.05) is 6.42 Å². The van der Waals surface area contributed by atoms with Crippen molar-refractivity contribution >= 4 is 28.0 Å². The monoisotopic (exact) mass is 594 g/mol. The summed E-state index contributed by atoms with van der Waals surface area (Å²) in [6.07, 6.45) is 18.6. The zero-order valence-electron chi connectivity index (χ0n) is 25.1. The highest BCUT2D eigenvalue weighted by molar-refractivity contribution is 9.12. The van der Waals surface area contributed by atoms with Crippen LogP contribution in [0, 0.1) is 46.3 Å². The summed E-state index contributed by atoms with van der Waals surface area (Å²) in [4.78, 5) is 12.9. The van der Waals surface area contributed by atoms with Gasteiger partial charge in [-0.15, -0.1) is 0 Å². The van der Waals surface area contributed by atoms with Gasteiger partial charge in [-0.3, -0.25) is 0 Å². The van der Waals surface area contributed by atoms with Gasteiger partial charge in [0.25, 0.3) is 0 Å². The third-order valence-electron chi connectivity index (χ3n) is 11.8. The normalized spacial score (nSPS) is 36.9. The van der Waals surface area contributed by atoms with E-state index in [1.54, 1.807) is 5.57 Å². The van der Waals surface area contributed by atoms with E-state index in [0.29, 0.717) is 9.90 Å². The summed E-state index contributed by atoms with van der Waals surface area (Å²) < 4.78 is 6.53. The van der Waals surface area contributed by atoms with Crippen LogP contribution in [0.5, 0.6) is 0 Å². The molecule has 0 heterocycles. The number of ether oxygens (including phenoxy) is 1. The minimum atomic E-state index is -0.241. The number of hydrogen-bond acceptors (Lipinski definition) is 2. The van der Waals surface area contributed by atoms with Crippen LogP contribution in [0.2, 0.25) is 0 Å². The minimum Gasteiger partial charge on any atom is -0.458 e. The van der Waals surface area contributed by atoms with Gasteiger partial charge in [0.15, 0.2) is 0 Å². The summed E-state index contributed by atoms with van der Waals surface area (Å²) in [5.41, 5.74) is 3.40. The van der Waals surface area contributed by atoms with E-state index in [0.717, 1.165) is 60.3 Å². The number of carbonyl (C=O) groups is 1. The maximum absolute atomic E-state index is 12.9. The molecule has 0 spiro atoms. The molecule has 4 aliphatic rings. The molecule has 2 nitrogen and oxygen atoms in total. The molecule has 3 fully saturated rings. The maximum Gasteiger partial charge on any atom is 0.345 e. The fourth-order valence-corrected chi connectivity index (χ4v) is 10.1. The average Bonchev–Trinajstić information content (AvgIpc) is 3.26. The predicted molar refractivity (Wildman–Crippen MR) is 166 cm³/mol. The van der Waals surface area contributed by atoms with Crippen molar-refractivity contribution in [1.29, 1.82) is 0 Å². The number of allylic oxidation sites excluding steroid dienone is 1. The van der Waals surface area contributed by atoms with Crippen molar-refractivity contribution in [2.45, 2.75) is 111 Å². The zero-order chi connectivity index (χ0) is 27.8. The highest BCUT2D eigenvalue weighted by atomic mass is 79.9. The number of carbonyl (C=O) groups excluding carboxylic acids is 1. The van der Waals surface area contributed by atoms with Crippen LogP contribution in [-0.2, 0) is 9.53 Å². The van der Waals surface area contributed by atoms with Gasteiger partial charge < -0.3 is 4.74 Å². The molecule has 5 rings (SSSR count). The number of rotatable bonds is 8. The molecule has 39 heavy (non-hydrogen) atoms. The Hall–Kier alpha value is -1.35. The van der Waals surface area contributed by atoms with Gasteiger partial charge in [-0.1, -0.05) is 95.9 Å². The lowest BCUT2D eigenvalue weighted by atomic mass is 9.47. The first-order valence-electron chi connectivity index (χ1n) is 15.9. The minimum absolute atomic E-state index is 0.0125. The molecule has 1 aromatic rings. The van der Waals surface area contributed by atoms with Gasteiger partial charge in [0.05, 0.1) is 0 Å². The van der Waals surface area contributed by atoms with Crippen LogP contribution in [0.4, 0.5) is 0 Å². The Morgan fingerprint density at radius 3 is 2.54 bits per heavy atom. The van der Waals surface area contributed by atoms with E-state index in [1.807, 2.05) is 36.4 Å². The molecule has 0 saturated heterocycles. The molecule has 0 bridgehead atoms. The topological polar surface area (TPSA) is 26.3 Å². The smallest absolute Gasteiger partial charge is 0.345 e.